The summed E-state index contributed by atoms with van der Waals surface area (Å²) in [5.74, 6) is 2.10. The molecule has 6 heteroatoms. The van der Waals surface area contributed by atoms with Crippen molar-refractivity contribution < 1.29 is 19.0 Å². The zero-order valence-electron chi connectivity index (χ0n) is 16.8. The molecule has 1 aliphatic rings. The summed E-state index contributed by atoms with van der Waals surface area (Å²) in [6.07, 6.45) is 2.85. The van der Waals surface area contributed by atoms with Gasteiger partial charge in [-0.3, -0.25) is 4.79 Å². The van der Waals surface area contributed by atoms with E-state index >= 15 is 0 Å². The van der Waals surface area contributed by atoms with Gasteiger partial charge in [0.05, 0.1) is 31.9 Å². The number of rotatable bonds is 6. The molecule has 150 valence electrons. The van der Waals surface area contributed by atoms with Gasteiger partial charge in [-0.1, -0.05) is 19.9 Å². The van der Waals surface area contributed by atoms with Gasteiger partial charge in [0.15, 0.2) is 11.5 Å². The number of carbonyl (C=O) groups is 1. The molecular weight excluding hydrogens is 374 g/mol. The number of benzene rings is 2. The molecule has 3 rings (SSSR count). The van der Waals surface area contributed by atoms with Crippen LogP contribution in [0.1, 0.15) is 42.2 Å². The third-order valence-corrected chi connectivity index (χ3v) is 5.46. The molecule has 1 N–H and O–H groups in total. The fourth-order valence-electron chi connectivity index (χ4n) is 3.21. The topological polar surface area (TPSA) is 56.8 Å². The molecule has 0 aromatic heterocycles. The zero-order chi connectivity index (χ0) is 20.1. The Morgan fingerprint density at radius 3 is 2.54 bits per heavy atom. The van der Waals surface area contributed by atoms with Gasteiger partial charge < -0.3 is 19.5 Å². The Morgan fingerprint density at radius 1 is 1.11 bits per heavy atom. The average Bonchev–Trinajstić information content (AvgIpc) is 2.95. The minimum Gasteiger partial charge on any atom is -0.496 e. The lowest BCUT2D eigenvalue weighted by atomic mass is 9.95. The molecule has 0 radical (unpaired) electrons. The molecule has 0 saturated heterocycles. The molecule has 1 heterocycles. The predicted molar refractivity (Wildman–Crippen MR) is 112 cm³/mol. The molecule has 1 atom stereocenters. The average molecular weight is 402 g/mol. The lowest BCUT2D eigenvalue weighted by Crippen LogP contribution is -2.32. The van der Waals surface area contributed by atoms with Gasteiger partial charge in [0, 0.05) is 11.3 Å². The molecule has 1 aliphatic heterocycles. The lowest BCUT2D eigenvalue weighted by molar-refractivity contribution is 0.0922. The second-order valence-corrected chi connectivity index (χ2v) is 7.90. The maximum atomic E-state index is 13.0. The molecule has 28 heavy (non-hydrogen) atoms. The van der Waals surface area contributed by atoms with Crippen LogP contribution in [0.5, 0.6) is 17.2 Å². The van der Waals surface area contributed by atoms with Gasteiger partial charge in [-0.05, 0) is 48.1 Å². The molecule has 0 fully saturated rings. The Labute approximate surface area is 170 Å². The molecule has 0 saturated carbocycles. The first kappa shape index (κ1) is 20.4. The molecule has 5 nitrogen and oxygen atoms in total. The fourth-order valence-corrected chi connectivity index (χ4v) is 3.64. The monoisotopic (exact) mass is 401 g/mol. The van der Waals surface area contributed by atoms with Crippen molar-refractivity contribution >= 4 is 17.7 Å². The lowest BCUT2D eigenvalue weighted by Gasteiger charge is -2.24. The third-order valence-electron chi connectivity index (χ3n) is 4.74. The SMILES string of the molecule is COc1cc(SC)ccc1C(=O)NC(c1ccc2c(c1)OCCCO2)C(C)C. The first-order chi connectivity index (χ1) is 13.5. The Hall–Kier alpha value is -2.34. The van der Waals surface area contributed by atoms with Crippen LogP contribution in [0.4, 0.5) is 0 Å². The molecule has 0 aliphatic carbocycles. The van der Waals surface area contributed by atoms with Crippen molar-refractivity contribution in [3.63, 3.8) is 0 Å². The summed E-state index contributed by atoms with van der Waals surface area (Å²) >= 11 is 1.61. The van der Waals surface area contributed by atoms with Crippen molar-refractivity contribution in [1.29, 1.82) is 0 Å². The maximum absolute atomic E-state index is 13.0. The molecule has 0 spiro atoms. The van der Waals surface area contributed by atoms with Gasteiger partial charge >= 0.3 is 0 Å². The summed E-state index contributed by atoms with van der Waals surface area (Å²) in [5, 5.41) is 3.16. The van der Waals surface area contributed by atoms with Crippen LogP contribution in [0.25, 0.3) is 0 Å². The molecule has 1 unspecified atom stereocenters. The van der Waals surface area contributed by atoms with E-state index in [9.17, 15) is 4.79 Å². The summed E-state index contributed by atoms with van der Waals surface area (Å²) < 4.78 is 17.0. The molecule has 2 aromatic carbocycles. The summed E-state index contributed by atoms with van der Waals surface area (Å²) in [7, 11) is 1.58. The van der Waals surface area contributed by atoms with Gasteiger partial charge in [-0.25, -0.2) is 0 Å². The Kier molecular flexibility index (Phi) is 6.73. The minimum atomic E-state index is -0.158. The Balaban J connectivity index is 1.86. The molecular formula is C22H27NO4S. The van der Waals surface area contributed by atoms with Gasteiger partial charge in [0.1, 0.15) is 5.75 Å². The number of hydrogen-bond donors (Lipinski definition) is 1. The van der Waals surface area contributed by atoms with E-state index in [-0.39, 0.29) is 17.9 Å². The molecule has 2 aromatic rings. The van der Waals surface area contributed by atoms with Crippen molar-refractivity contribution in [1.82, 2.24) is 5.32 Å². The van der Waals surface area contributed by atoms with Crippen molar-refractivity contribution in [2.75, 3.05) is 26.6 Å². The van der Waals surface area contributed by atoms with E-state index in [1.807, 2.05) is 42.7 Å². The largest absolute Gasteiger partial charge is 0.496 e. The zero-order valence-corrected chi connectivity index (χ0v) is 17.6. The van der Waals surface area contributed by atoms with Crippen LogP contribution in [0.2, 0.25) is 0 Å². The van der Waals surface area contributed by atoms with E-state index in [2.05, 4.69) is 19.2 Å². The van der Waals surface area contributed by atoms with Crippen molar-refractivity contribution in [3.8, 4) is 17.2 Å². The van der Waals surface area contributed by atoms with Crippen molar-refractivity contribution in [2.45, 2.75) is 31.2 Å². The van der Waals surface area contributed by atoms with Crippen LogP contribution in [0.3, 0.4) is 0 Å². The van der Waals surface area contributed by atoms with Crippen LogP contribution in [0, 0.1) is 5.92 Å². The highest BCUT2D eigenvalue weighted by Gasteiger charge is 2.23. The highest BCUT2D eigenvalue weighted by molar-refractivity contribution is 7.98. The van der Waals surface area contributed by atoms with Gasteiger partial charge in [0.2, 0.25) is 0 Å². The first-order valence-corrected chi connectivity index (χ1v) is 10.7. The third kappa shape index (κ3) is 4.55. The first-order valence-electron chi connectivity index (χ1n) is 9.46. The maximum Gasteiger partial charge on any atom is 0.255 e. The second-order valence-electron chi connectivity index (χ2n) is 7.02. The predicted octanol–water partition coefficient (Wildman–Crippen LogP) is 4.71. The Bertz CT molecular complexity index is 837. The second kappa shape index (κ2) is 9.24. The van der Waals surface area contributed by atoms with Crippen molar-refractivity contribution in [2.24, 2.45) is 5.92 Å². The number of amides is 1. The van der Waals surface area contributed by atoms with Gasteiger partial charge in [-0.15, -0.1) is 11.8 Å². The summed E-state index contributed by atoms with van der Waals surface area (Å²) in [6, 6.07) is 11.4. The normalized spacial score (nSPS) is 14.3. The summed E-state index contributed by atoms with van der Waals surface area (Å²) in [5.41, 5.74) is 1.52. The Morgan fingerprint density at radius 2 is 1.86 bits per heavy atom. The number of fused-ring (bicyclic) bond motifs is 1. The van der Waals surface area contributed by atoms with Crippen LogP contribution in [0.15, 0.2) is 41.3 Å². The number of hydrogen-bond acceptors (Lipinski definition) is 5. The van der Waals surface area contributed by atoms with Crippen LogP contribution >= 0.6 is 11.8 Å². The van der Waals surface area contributed by atoms with E-state index < -0.39 is 0 Å². The number of carbonyl (C=O) groups excluding carboxylic acids is 1. The molecule has 0 bridgehead atoms. The number of thioether (sulfide) groups is 1. The van der Waals surface area contributed by atoms with E-state index in [1.54, 1.807) is 18.9 Å². The van der Waals surface area contributed by atoms with E-state index in [1.165, 1.54) is 0 Å². The standard InChI is InChI=1S/C22H27NO4S/c1-14(2)21(15-6-9-18-20(12-15)27-11-5-10-26-18)23-22(24)17-8-7-16(28-4)13-19(17)25-3/h6-9,12-14,21H,5,10-11H2,1-4H3,(H,23,24). The fraction of sp³-hybridized carbons (Fsp3) is 0.409. The van der Waals surface area contributed by atoms with Crippen LogP contribution < -0.4 is 19.5 Å². The highest BCUT2D eigenvalue weighted by Crippen LogP contribution is 2.34. The minimum absolute atomic E-state index is 0.157. The van der Waals surface area contributed by atoms with Crippen molar-refractivity contribution in [3.05, 3.63) is 47.5 Å². The van der Waals surface area contributed by atoms with E-state index in [4.69, 9.17) is 14.2 Å². The smallest absolute Gasteiger partial charge is 0.255 e. The molecule has 1 amide bonds. The number of methoxy groups -OCH3 is 1. The number of nitrogens with one attached hydrogen (secondary N) is 1. The van der Waals surface area contributed by atoms with Gasteiger partial charge in [-0.2, -0.15) is 0 Å². The van der Waals surface area contributed by atoms with Crippen LogP contribution in [-0.2, 0) is 0 Å². The summed E-state index contributed by atoms with van der Waals surface area (Å²) in [6.45, 7) is 5.46. The van der Waals surface area contributed by atoms with Gasteiger partial charge in [0.25, 0.3) is 5.91 Å². The van der Waals surface area contributed by atoms with E-state index in [0.29, 0.717) is 24.5 Å². The van der Waals surface area contributed by atoms with Crippen LogP contribution in [-0.4, -0.2) is 32.5 Å². The van der Waals surface area contributed by atoms with E-state index in [0.717, 1.165) is 28.4 Å². The summed E-state index contributed by atoms with van der Waals surface area (Å²) in [4.78, 5) is 14.1. The number of ether oxygens (including phenoxy) is 3. The quantitative estimate of drug-likeness (QED) is 0.711. The highest BCUT2D eigenvalue weighted by atomic mass is 32.2.